The van der Waals surface area contributed by atoms with Crippen molar-refractivity contribution in [1.29, 1.82) is 0 Å². The van der Waals surface area contributed by atoms with Crippen LogP contribution in [0, 0.1) is 5.92 Å². The van der Waals surface area contributed by atoms with E-state index in [0.29, 0.717) is 12.2 Å². The number of ketones is 1. The van der Waals surface area contributed by atoms with Gasteiger partial charge in [-0.3, -0.25) is 9.69 Å². The van der Waals surface area contributed by atoms with E-state index in [2.05, 4.69) is 16.8 Å². The molecule has 0 amide bonds. The first kappa shape index (κ1) is 14.3. The minimum absolute atomic E-state index is 0.279. The number of rotatable bonds is 4. The van der Waals surface area contributed by atoms with Gasteiger partial charge in [0.25, 0.3) is 0 Å². The zero-order valence-electron chi connectivity index (χ0n) is 12.5. The minimum atomic E-state index is -0.279. The van der Waals surface area contributed by atoms with E-state index >= 15 is 0 Å². The number of carbonyl (C=O) groups excluding carboxylic acids is 1. The third kappa shape index (κ3) is 2.73. The van der Waals surface area contributed by atoms with Crippen LogP contribution >= 0.6 is 0 Å². The van der Waals surface area contributed by atoms with Crippen LogP contribution in [-0.2, 0) is 18.3 Å². The van der Waals surface area contributed by atoms with Crippen LogP contribution in [0.1, 0.15) is 38.4 Å². The number of Topliss-reactive ketones (excluding diaryl/α,β-unsaturated/α-hetero) is 1. The summed E-state index contributed by atoms with van der Waals surface area (Å²) in [5.41, 5.74) is -0.279. The smallest absolute Gasteiger partial charge is 0.160 e. The number of nitrogens with zero attached hydrogens (tertiary/aromatic N) is 3. The lowest BCUT2D eigenvalue weighted by molar-refractivity contribution is -0.131. The molecule has 0 aromatic carbocycles. The third-order valence-electron chi connectivity index (χ3n) is 4.72. The maximum absolute atomic E-state index is 12.8. The summed E-state index contributed by atoms with van der Waals surface area (Å²) in [6.07, 6.45) is 8.33. The van der Waals surface area contributed by atoms with Gasteiger partial charge in [0.05, 0.1) is 12.0 Å². The Morgan fingerprint density at radius 1 is 1.47 bits per heavy atom. The van der Waals surface area contributed by atoms with Crippen LogP contribution in [0.4, 0.5) is 0 Å². The zero-order valence-corrected chi connectivity index (χ0v) is 12.5. The third-order valence-corrected chi connectivity index (χ3v) is 4.72. The quantitative estimate of drug-likeness (QED) is 0.834. The summed E-state index contributed by atoms with van der Waals surface area (Å²) in [5.74, 6) is 1.93. The lowest BCUT2D eigenvalue weighted by Gasteiger charge is -2.43. The first-order valence-corrected chi connectivity index (χ1v) is 7.12. The molecule has 106 valence electrons. The van der Waals surface area contributed by atoms with E-state index in [1.165, 1.54) is 0 Å². The van der Waals surface area contributed by atoms with Crippen LogP contribution in [-0.4, -0.2) is 39.9 Å². The predicted molar refractivity (Wildman–Crippen MR) is 76.0 cm³/mol. The highest BCUT2D eigenvalue weighted by Gasteiger charge is 2.42. The van der Waals surface area contributed by atoms with Crippen molar-refractivity contribution in [3.63, 3.8) is 0 Å². The average Bonchev–Trinajstić information content (AvgIpc) is 2.76. The van der Waals surface area contributed by atoms with Crippen LogP contribution < -0.4 is 0 Å². The van der Waals surface area contributed by atoms with Crippen molar-refractivity contribution in [2.24, 2.45) is 13.0 Å². The average molecular weight is 263 g/mol. The molecule has 19 heavy (non-hydrogen) atoms. The Hall–Kier alpha value is -1.16. The molecular formula is C15H25N3O. The normalized spacial score (nSPS) is 27.7. The first-order chi connectivity index (χ1) is 8.95. The molecule has 2 rings (SSSR count). The highest BCUT2D eigenvalue weighted by molar-refractivity contribution is 5.89. The lowest BCUT2D eigenvalue weighted by atomic mass is 9.73. The van der Waals surface area contributed by atoms with E-state index in [-0.39, 0.29) is 5.54 Å². The van der Waals surface area contributed by atoms with Gasteiger partial charge in [0.1, 0.15) is 5.82 Å². The Kier molecular flexibility index (Phi) is 4.09. The van der Waals surface area contributed by atoms with Crippen LogP contribution in [0.5, 0.6) is 0 Å². The fourth-order valence-electron chi connectivity index (χ4n) is 3.09. The standard InChI is InChI=1S/C15H25N3O/c1-12-5-7-15(8-6-12,17(2)3)13(19)11-14-16-9-10-18(14)4/h9-10,12H,5-8,11H2,1-4H3. The molecule has 0 unspecified atom stereocenters. The number of aromatic nitrogens is 2. The molecule has 1 aromatic rings. The summed E-state index contributed by atoms with van der Waals surface area (Å²) < 4.78 is 1.94. The molecule has 4 heteroatoms. The van der Waals surface area contributed by atoms with E-state index in [0.717, 1.165) is 37.4 Å². The van der Waals surface area contributed by atoms with Crippen molar-refractivity contribution >= 4 is 5.78 Å². The monoisotopic (exact) mass is 263 g/mol. The summed E-state index contributed by atoms with van der Waals surface area (Å²) >= 11 is 0. The zero-order chi connectivity index (χ0) is 14.0. The summed E-state index contributed by atoms with van der Waals surface area (Å²) in [4.78, 5) is 19.2. The second kappa shape index (κ2) is 5.45. The summed E-state index contributed by atoms with van der Waals surface area (Å²) in [7, 11) is 6.01. The van der Waals surface area contributed by atoms with Crippen molar-refractivity contribution in [3.8, 4) is 0 Å². The molecule has 1 aliphatic rings. The van der Waals surface area contributed by atoms with Crippen LogP contribution in [0.25, 0.3) is 0 Å². The highest BCUT2D eigenvalue weighted by atomic mass is 16.1. The van der Waals surface area contributed by atoms with Gasteiger partial charge in [-0.2, -0.15) is 0 Å². The van der Waals surface area contributed by atoms with Gasteiger partial charge in [-0.25, -0.2) is 4.98 Å². The summed E-state index contributed by atoms with van der Waals surface area (Å²) in [6, 6.07) is 0. The molecule has 0 radical (unpaired) electrons. The molecule has 0 saturated heterocycles. The Bertz CT molecular complexity index is 442. The fraction of sp³-hybridized carbons (Fsp3) is 0.733. The molecule has 0 spiro atoms. The van der Waals surface area contributed by atoms with Gasteiger partial charge in [0, 0.05) is 19.4 Å². The maximum Gasteiger partial charge on any atom is 0.160 e. The number of hydrogen-bond donors (Lipinski definition) is 0. The molecule has 1 heterocycles. The summed E-state index contributed by atoms with van der Waals surface area (Å²) in [5, 5.41) is 0. The molecule has 1 saturated carbocycles. The fourth-order valence-corrected chi connectivity index (χ4v) is 3.09. The Balaban J connectivity index is 2.16. The van der Waals surface area contributed by atoms with Gasteiger partial charge in [-0.1, -0.05) is 6.92 Å². The second-order valence-electron chi connectivity index (χ2n) is 6.16. The van der Waals surface area contributed by atoms with Gasteiger partial charge in [0.2, 0.25) is 0 Å². The van der Waals surface area contributed by atoms with Gasteiger partial charge < -0.3 is 4.57 Å². The molecule has 0 aliphatic heterocycles. The lowest BCUT2D eigenvalue weighted by Crippen LogP contribution is -2.54. The van der Waals surface area contributed by atoms with Crippen molar-refractivity contribution in [3.05, 3.63) is 18.2 Å². The molecule has 1 fully saturated rings. The van der Waals surface area contributed by atoms with E-state index in [4.69, 9.17) is 0 Å². The molecule has 4 nitrogen and oxygen atoms in total. The van der Waals surface area contributed by atoms with E-state index in [9.17, 15) is 4.79 Å². The van der Waals surface area contributed by atoms with Gasteiger partial charge in [0.15, 0.2) is 5.78 Å². The first-order valence-electron chi connectivity index (χ1n) is 7.12. The molecule has 1 aromatic heterocycles. The van der Waals surface area contributed by atoms with Crippen molar-refractivity contribution < 1.29 is 4.79 Å². The number of aryl methyl sites for hydroxylation is 1. The van der Waals surface area contributed by atoms with Gasteiger partial charge >= 0.3 is 0 Å². The van der Waals surface area contributed by atoms with Crippen molar-refractivity contribution in [2.45, 2.75) is 44.6 Å². The topological polar surface area (TPSA) is 38.1 Å². The van der Waals surface area contributed by atoms with Crippen LogP contribution in [0.15, 0.2) is 12.4 Å². The molecular weight excluding hydrogens is 238 g/mol. The van der Waals surface area contributed by atoms with E-state index in [1.807, 2.05) is 31.9 Å². The molecule has 1 aliphatic carbocycles. The van der Waals surface area contributed by atoms with Crippen molar-refractivity contribution in [2.75, 3.05) is 14.1 Å². The largest absolute Gasteiger partial charge is 0.338 e. The number of likely N-dealkylation sites (N-methyl/N-ethyl adjacent to an activating group) is 1. The van der Waals surface area contributed by atoms with Crippen LogP contribution in [0.3, 0.4) is 0 Å². The van der Waals surface area contributed by atoms with Crippen molar-refractivity contribution in [1.82, 2.24) is 14.5 Å². The van der Waals surface area contributed by atoms with E-state index in [1.54, 1.807) is 6.20 Å². The Morgan fingerprint density at radius 2 is 2.11 bits per heavy atom. The highest BCUT2D eigenvalue weighted by Crippen LogP contribution is 2.36. The predicted octanol–water partition coefficient (Wildman–Crippen LogP) is 2.04. The van der Waals surface area contributed by atoms with E-state index < -0.39 is 0 Å². The van der Waals surface area contributed by atoms with Gasteiger partial charge in [-0.05, 0) is 45.7 Å². The summed E-state index contributed by atoms with van der Waals surface area (Å²) in [6.45, 7) is 2.28. The molecule has 0 atom stereocenters. The molecule has 0 bridgehead atoms. The minimum Gasteiger partial charge on any atom is -0.338 e. The Morgan fingerprint density at radius 3 is 2.58 bits per heavy atom. The number of carbonyl (C=O) groups is 1. The number of imidazole rings is 1. The second-order valence-corrected chi connectivity index (χ2v) is 6.16. The Labute approximate surface area is 115 Å². The number of hydrogen-bond acceptors (Lipinski definition) is 3. The molecule has 0 N–H and O–H groups in total. The SMILES string of the molecule is CC1CCC(C(=O)Cc2nccn2C)(N(C)C)CC1. The van der Waals surface area contributed by atoms with Gasteiger partial charge in [-0.15, -0.1) is 0 Å². The maximum atomic E-state index is 12.8. The van der Waals surface area contributed by atoms with Crippen LogP contribution in [0.2, 0.25) is 0 Å².